The Morgan fingerprint density at radius 1 is 1.64 bits per heavy atom. The molecule has 0 aliphatic carbocycles. The van der Waals surface area contributed by atoms with Crippen LogP contribution in [0.3, 0.4) is 0 Å². The molecule has 5 unspecified atom stereocenters. The number of hydroxylamine groups is 2. The maximum Gasteiger partial charge on any atom is 0.163 e. The maximum atomic E-state index is 11.0. The summed E-state index contributed by atoms with van der Waals surface area (Å²) in [5, 5.41) is 28.7. The van der Waals surface area contributed by atoms with Crippen molar-refractivity contribution >= 4 is 0 Å². The number of quaternary nitrogens is 1. The number of hydrogen-bond donors (Lipinski definition) is 3. The molecular weight excluding hydrogens is 190 g/mol. The first-order chi connectivity index (χ1) is 6.41. The average Bonchev–Trinajstić information content (AvgIpc) is 2.13. The second-order valence-electron chi connectivity index (χ2n) is 3.88. The highest BCUT2D eigenvalue weighted by molar-refractivity contribution is 4.90. The largest absolute Gasteiger partial charge is 0.600 e. The van der Waals surface area contributed by atoms with E-state index in [-0.39, 0.29) is 6.42 Å². The van der Waals surface area contributed by atoms with Crippen molar-refractivity contribution in [1.82, 2.24) is 0 Å². The fourth-order valence-electron chi connectivity index (χ4n) is 1.70. The number of aliphatic hydroxyl groups is 1. The zero-order valence-electron chi connectivity index (χ0n) is 8.56. The molecule has 6 heteroatoms. The van der Waals surface area contributed by atoms with Gasteiger partial charge in [0, 0.05) is 7.11 Å². The monoisotopic (exact) mass is 207 g/mol. The summed E-state index contributed by atoms with van der Waals surface area (Å²) in [6.07, 6.45) is -1.94. The molecule has 0 aromatic carbocycles. The van der Waals surface area contributed by atoms with Crippen LogP contribution in [0.2, 0.25) is 0 Å². The molecule has 3 N–H and O–H groups in total. The lowest BCUT2D eigenvalue weighted by molar-refractivity contribution is -1.09. The molecule has 0 radical (unpaired) electrons. The van der Waals surface area contributed by atoms with Gasteiger partial charge in [-0.1, -0.05) is 0 Å². The zero-order chi connectivity index (χ0) is 10.9. The third-order valence-corrected chi connectivity index (χ3v) is 2.81. The predicted molar refractivity (Wildman–Crippen MR) is 46.5 cm³/mol. The first-order valence-corrected chi connectivity index (χ1v) is 4.51. The highest BCUT2D eigenvalue weighted by Crippen LogP contribution is 2.26. The summed E-state index contributed by atoms with van der Waals surface area (Å²) in [5.41, 5.74) is -1.20. The molecule has 0 saturated carbocycles. The molecule has 1 aliphatic rings. The van der Waals surface area contributed by atoms with E-state index in [9.17, 15) is 10.3 Å². The van der Waals surface area contributed by atoms with Gasteiger partial charge >= 0.3 is 0 Å². The molecule has 1 saturated heterocycles. The molecular formula is C8H17NO5. The summed E-state index contributed by atoms with van der Waals surface area (Å²) in [6.45, 7) is 3.14. The summed E-state index contributed by atoms with van der Waals surface area (Å²) >= 11 is 0. The van der Waals surface area contributed by atoms with Gasteiger partial charge in [-0.2, -0.15) is 0 Å². The summed E-state index contributed by atoms with van der Waals surface area (Å²) in [5.74, 6) is 0. The fourth-order valence-corrected chi connectivity index (χ4v) is 1.70. The third-order valence-electron chi connectivity index (χ3n) is 2.81. The second kappa shape index (κ2) is 4.09. The van der Waals surface area contributed by atoms with Crippen molar-refractivity contribution in [3.8, 4) is 0 Å². The molecule has 0 spiro atoms. The van der Waals surface area contributed by atoms with Gasteiger partial charge in [-0.15, -0.1) is 0 Å². The van der Waals surface area contributed by atoms with E-state index < -0.39 is 29.3 Å². The smallest absolute Gasteiger partial charge is 0.163 e. The van der Waals surface area contributed by atoms with Gasteiger partial charge in [0.05, 0.1) is 12.5 Å². The van der Waals surface area contributed by atoms with Crippen LogP contribution in [-0.2, 0) is 9.47 Å². The SMILES string of the molecule is COC1CC(C)([NH+]([O-])O)C(O)C(C)O1. The van der Waals surface area contributed by atoms with Crippen molar-refractivity contribution in [2.75, 3.05) is 7.11 Å². The van der Waals surface area contributed by atoms with E-state index in [1.165, 1.54) is 14.0 Å². The van der Waals surface area contributed by atoms with Gasteiger partial charge in [-0.3, -0.25) is 0 Å². The quantitative estimate of drug-likeness (QED) is 0.488. The first-order valence-electron chi connectivity index (χ1n) is 4.51. The summed E-state index contributed by atoms with van der Waals surface area (Å²) in [4.78, 5) is 0. The highest BCUT2D eigenvalue weighted by Gasteiger charge is 2.50. The van der Waals surface area contributed by atoms with E-state index in [0.29, 0.717) is 0 Å². The Bertz CT molecular complexity index is 200. The first kappa shape index (κ1) is 11.8. The van der Waals surface area contributed by atoms with Crippen molar-refractivity contribution in [2.45, 2.75) is 44.3 Å². The average molecular weight is 207 g/mol. The minimum Gasteiger partial charge on any atom is -0.600 e. The van der Waals surface area contributed by atoms with Gasteiger partial charge in [0.1, 0.15) is 6.10 Å². The fraction of sp³-hybridized carbons (Fsp3) is 1.00. The molecule has 0 amide bonds. The van der Waals surface area contributed by atoms with Crippen LogP contribution in [0, 0.1) is 5.21 Å². The third kappa shape index (κ3) is 1.90. The number of ether oxygens (including phenoxy) is 2. The highest BCUT2D eigenvalue weighted by atomic mass is 16.8. The Hall–Kier alpha value is -0.240. The van der Waals surface area contributed by atoms with E-state index in [1.54, 1.807) is 6.92 Å². The van der Waals surface area contributed by atoms with Gasteiger partial charge in [-0.05, 0) is 13.8 Å². The van der Waals surface area contributed by atoms with Crippen molar-refractivity contribution in [2.24, 2.45) is 0 Å². The van der Waals surface area contributed by atoms with Crippen LogP contribution in [0.15, 0.2) is 0 Å². The molecule has 1 aliphatic heterocycles. The molecule has 0 bridgehead atoms. The van der Waals surface area contributed by atoms with Gasteiger partial charge < -0.3 is 19.8 Å². The van der Waals surface area contributed by atoms with Crippen molar-refractivity contribution in [3.63, 3.8) is 0 Å². The van der Waals surface area contributed by atoms with E-state index in [4.69, 9.17) is 14.7 Å². The number of methoxy groups -OCH3 is 1. The van der Waals surface area contributed by atoms with Crippen LogP contribution in [0.1, 0.15) is 20.3 Å². The second-order valence-corrected chi connectivity index (χ2v) is 3.88. The van der Waals surface area contributed by atoms with Crippen LogP contribution < -0.4 is 5.23 Å². The lowest BCUT2D eigenvalue weighted by Gasteiger charge is -2.46. The summed E-state index contributed by atoms with van der Waals surface area (Å²) < 4.78 is 10.2. The standard InChI is InChI=1S/C8H17NO5/c1-5-7(10)8(2,9(11)12)4-6(13-3)14-5/h5-7,9-11H,4H2,1-3H3. The molecule has 1 rings (SSSR count). The van der Waals surface area contributed by atoms with Crippen LogP contribution >= 0.6 is 0 Å². The lowest BCUT2D eigenvalue weighted by Crippen LogP contribution is -3.16. The Balaban J connectivity index is 2.81. The Morgan fingerprint density at radius 2 is 2.21 bits per heavy atom. The van der Waals surface area contributed by atoms with Gasteiger partial charge in [0.15, 0.2) is 11.8 Å². The minimum atomic E-state index is -1.20. The van der Waals surface area contributed by atoms with E-state index in [2.05, 4.69) is 0 Å². The van der Waals surface area contributed by atoms with Crippen molar-refractivity contribution in [3.05, 3.63) is 5.21 Å². The minimum absolute atomic E-state index is 0.157. The maximum absolute atomic E-state index is 11.0. The predicted octanol–water partition coefficient (Wildman–Crippen LogP) is -1.34. The Morgan fingerprint density at radius 3 is 2.64 bits per heavy atom. The van der Waals surface area contributed by atoms with Gasteiger partial charge in [0.2, 0.25) is 0 Å². The molecule has 0 aromatic heterocycles. The normalized spacial score (nSPS) is 46.3. The molecule has 1 fully saturated rings. The number of rotatable bonds is 2. The molecule has 5 atom stereocenters. The topological polar surface area (TPSA) is 86.4 Å². The number of nitrogens with one attached hydrogen (secondary N) is 1. The number of aliphatic hydroxyl groups excluding tert-OH is 1. The van der Waals surface area contributed by atoms with E-state index >= 15 is 0 Å². The van der Waals surface area contributed by atoms with Crippen molar-refractivity contribution in [1.29, 1.82) is 0 Å². The molecule has 14 heavy (non-hydrogen) atoms. The van der Waals surface area contributed by atoms with Crippen LogP contribution in [0.25, 0.3) is 0 Å². The van der Waals surface area contributed by atoms with Crippen LogP contribution in [0.5, 0.6) is 0 Å². The lowest BCUT2D eigenvalue weighted by atomic mass is 9.86. The Labute approximate surface area is 82.6 Å². The molecule has 84 valence electrons. The van der Waals surface area contributed by atoms with Gasteiger partial charge in [0.25, 0.3) is 0 Å². The summed E-state index contributed by atoms with van der Waals surface area (Å²) in [6, 6.07) is 0. The van der Waals surface area contributed by atoms with E-state index in [1.807, 2.05) is 0 Å². The van der Waals surface area contributed by atoms with Gasteiger partial charge in [-0.25, -0.2) is 10.4 Å². The molecule has 6 nitrogen and oxygen atoms in total. The molecule has 0 aromatic rings. The van der Waals surface area contributed by atoms with E-state index in [0.717, 1.165) is 0 Å². The zero-order valence-corrected chi connectivity index (χ0v) is 8.56. The van der Waals surface area contributed by atoms with Crippen LogP contribution in [-0.4, -0.2) is 41.5 Å². The number of hydrogen-bond acceptors (Lipinski definition) is 5. The summed E-state index contributed by atoms with van der Waals surface area (Å²) in [7, 11) is 1.46. The van der Waals surface area contributed by atoms with Crippen LogP contribution in [0.4, 0.5) is 0 Å². The Kier molecular flexibility index (Phi) is 3.46. The molecule has 1 heterocycles. The van der Waals surface area contributed by atoms with Crippen molar-refractivity contribution < 1.29 is 25.0 Å².